The van der Waals surface area contributed by atoms with E-state index in [1.807, 2.05) is 26.0 Å². The second-order valence-corrected chi connectivity index (χ2v) is 6.30. The van der Waals surface area contributed by atoms with Gasteiger partial charge in [-0.1, -0.05) is 44.9 Å². The van der Waals surface area contributed by atoms with Crippen LogP contribution in [-0.2, 0) is 0 Å². The van der Waals surface area contributed by atoms with E-state index in [4.69, 9.17) is 0 Å². The summed E-state index contributed by atoms with van der Waals surface area (Å²) in [7, 11) is 0. The summed E-state index contributed by atoms with van der Waals surface area (Å²) in [5, 5.41) is 0. The van der Waals surface area contributed by atoms with Gasteiger partial charge in [0.15, 0.2) is 0 Å². The second-order valence-electron chi connectivity index (χ2n) is 6.30. The molecule has 0 aromatic heterocycles. The van der Waals surface area contributed by atoms with Gasteiger partial charge in [-0.25, -0.2) is 5.43 Å². The Hall–Kier alpha value is -1.35. The standard InChI is InChI=1S/C16H26N2O/c1-7-14(16(4,5)6)17-18-15(19)13-9-11(2)8-12(3)10-13/h8-10,14,17H,7H2,1-6H3,(H,18,19). The van der Waals surface area contributed by atoms with Crippen LogP contribution in [0.3, 0.4) is 0 Å². The highest BCUT2D eigenvalue weighted by Crippen LogP contribution is 2.20. The van der Waals surface area contributed by atoms with Gasteiger partial charge < -0.3 is 0 Å². The first-order valence-electron chi connectivity index (χ1n) is 6.88. The van der Waals surface area contributed by atoms with Crippen molar-refractivity contribution >= 4 is 5.91 Å². The molecule has 1 atom stereocenters. The van der Waals surface area contributed by atoms with E-state index in [0.717, 1.165) is 17.5 Å². The van der Waals surface area contributed by atoms with E-state index >= 15 is 0 Å². The van der Waals surface area contributed by atoms with Crippen LogP contribution in [0.4, 0.5) is 0 Å². The molecular formula is C16H26N2O. The lowest BCUT2D eigenvalue weighted by Gasteiger charge is -2.30. The van der Waals surface area contributed by atoms with Crippen molar-refractivity contribution in [2.24, 2.45) is 5.41 Å². The SMILES string of the molecule is CCC(NNC(=O)c1cc(C)cc(C)c1)C(C)(C)C. The van der Waals surface area contributed by atoms with Crippen LogP contribution in [0.15, 0.2) is 18.2 Å². The van der Waals surface area contributed by atoms with E-state index in [2.05, 4.69) is 44.6 Å². The molecule has 0 saturated heterocycles. The Morgan fingerprint density at radius 2 is 1.68 bits per heavy atom. The van der Waals surface area contributed by atoms with Crippen LogP contribution in [0, 0.1) is 19.3 Å². The monoisotopic (exact) mass is 262 g/mol. The lowest BCUT2D eigenvalue weighted by Crippen LogP contribution is -2.49. The van der Waals surface area contributed by atoms with Crippen molar-refractivity contribution in [1.29, 1.82) is 0 Å². The van der Waals surface area contributed by atoms with Gasteiger partial charge in [0.05, 0.1) is 0 Å². The van der Waals surface area contributed by atoms with Gasteiger partial charge in [-0.05, 0) is 37.8 Å². The van der Waals surface area contributed by atoms with Crippen LogP contribution < -0.4 is 10.9 Å². The first-order valence-corrected chi connectivity index (χ1v) is 6.88. The number of benzene rings is 1. The topological polar surface area (TPSA) is 41.1 Å². The van der Waals surface area contributed by atoms with Gasteiger partial charge in [-0.2, -0.15) is 0 Å². The van der Waals surface area contributed by atoms with Crippen LogP contribution in [0.1, 0.15) is 55.6 Å². The number of amides is 1. The van der Waals surface area contributed by atoms with E-state index in [0.29, 0.717) is 5.56 Å². The first kappa shape index (κ1) is 15.7. The van der Waals surface area contributed by atoms with Crippen molar-refractivity contribution in [3.05, 3.63) is 34.9 Å². The highest BCUT2D eigenvalue weighted by molar-refractivity contribution is 5.94. The highest BCUT2D eigenvalue weighted by atomic mass is 16.2. The summed E-state index contributed by atoms with van der Waals surface area (Å²) in [5.74, 6) is -0.0745. The number of aryl methyl sites for hydroxylation is 2. The van der Waals surface area contributed by atoms with E-state index in [1.165, 1.54) is 0 Å². The summed E-state index contributed by atoms with van der Waals surface area (Å²) < 4.78 is 0. The number of hydrogen-bond acceptors (Lipinski definition) is 2. The second kappa shape index (κ2) is 6.20. The number of nitrogens with one attached hydrogen (secondary N) is 2. The third-order valence-electron chi connectivity index (χ3n) is 3.30. The van der Waals surface area contributed by atoms with E-state index < -0.39 is 0 Å². The number of hydrogen-bond donors (Lipinski definition) is 2. The lowest BCUT2D eigenvalue weighted by molar-refractivity contribution is 0.0906. The zero-order valence-electron chi connectivity index (χ0n) is 12.9. The van der Waals surface area contributed by atoms with Crippen molar-refractivity contribution in [3.8, 4) is 0 Å². The van der Waals surface area contributed by atoms with Crippen molar-refractivity contribution in [3.63, 3.8) is 0 Å². The van der Waals surface area contributed by atoms with Gasteiger partial charge in [0.2, 0.25) is 0 Å². The first-order chi connectivity index (χ1) is 8.74. The van der Waals surface area contributed by atoms with Gasteiger partial charge in [0, 0.05) is 11.6 Å². The average molecular weight is 262 g/mol. The Balaban J connectivity index is 2.70. The average Bonchev–Trinajstić information content (AvgIpc) is 2.26. The maximum absolute atomic E-state index is 12.1. The molecular weight excluding hydrogens is 236 g/mol. The van der Waals surface area contributed by atoms with Crippen LogP contribution in [0.5, 0.6) is 0 Å². The number of rotatable bonds is 4. The predicted octanol–water partition coefficient (Wildman–Crippen LogP) is 3.36. The molecule has 19 heavy (non-hydrogen) atoms. The third kappa shape index (κ3) is 4.67. The largest absolute Gasteiger partial charge is 0.287 e. The molecule has 0 aliphatic carbocycles. The molecule has 1 aromatic rings. The Kier molecular flexibility index (Phi) is 5.12. The normalized spacial score (nSPS) is 13.2. The Morgan fingerprint density at radius 1 is 1.16 bits per heavy atom. The Morgan fingerprint density at radius 3 is 2.11 bits per heavy atom. The quantitative estimate of drug-likeness (QED) is 0.817. The van der Waals surface area contributed by atoms with Crippen LogP contribution in [0.25, 0.3) is 0 Å². The summed E-state index contributed by atoms with van der Waals surface area (Å²) in [5.41, 5.74) is 9.00. The fourth-order valence-electron chi connectivity index (χ4n) is 2.26. The zero-order valence-corrected chi connectivity index (χ0v) is 12.9. The predicted molar refractivity (Wildman–Crippen MR) is 80.1 cm³/mol. The summed E-state index contributed by atoms with van der Waals surface area (Å²) in [6.45, 7) is 12.6. The lowest BCUT2D eigenvalue weighted by atomic mass is 9.86. The van der Waals surface area contributed by atoms with Crippen LogP contribution in [-0.4, -0.2) is 11.9 Å². The smallest absolute Gasteiger partial charge is 0.265 e. The maximum atomic E-state index is 12.1. The van der Waals surface area contributed by atoms with Crippen LogP contribution in [0.2, 0.25) is 0 Å². The molecule has 1 amide bonds. The van der Waals surface area contributed by atoms with Crippen molar-refractivity contribution in [1.82, 2.24) is 10.9 Å². The van der Waals surface area contributed by atoms with E-state index in [9.17, 15) is 4.79 Å². The maximum Gasteiger partial charge on any atom is 0.265 e. The van der Waals surface area contributed by atoms with Crippen molar-refractivity contribution in [2.45, 2.75) is 54.0 Å². The summed E-state index contributed by atoms with van der Waals surface area (Å²) in [6.07, 6.45) is 0.969. The molecule has 0 heterocycles. The van der Waals surface area contributed by atoms with Gasteiger partial charge in [0.25, 0.3) is 5.91 Å². The highest BCUT2D eigenvalue weighted by Gasteiger charge is 2.23. The summed E-state index contributed by atoms with van der Waals surface area (Å²) in [4.78, 5) is 12.1. The molecule has 0 radical (unpaired) electrons. The molecule has 0 aliphatic heterocycles. The van der Waals surface area contributed by atoms with Crippen molar-refractivity contribution < 1.29 is 4.79 Å². The summed E-state index contributed by atoms with van der Waals surface area (Å²) >= 11 is 0. The van der Waals surface area contributed by atoms with Crippen LogP contribution >= 0.6 is 0 Å². The van der Waals surface area contributed by atoms with Gasteiger partial charge >= 0.3 is 0 Å². The molecule has 0 fully saturated rings. The Bertz CT molecular complexity index is 426. The van der Waals surface area contributed by atoms with Gasteiger partial charge in [-0.3, -0.25) is 10.2 Å². The van der Waals surface area contributed by atoms with E-state index in [1.54, 1.807) is 0 Å². The molecule has 3 heteroatoms. The molecule has 0 aliphatic rings. The minimum Gasteiger partial charge on any atom is -0.287 e. The molecule has 1 aromatic carbocycles. The Labute approximate surface area is 116 Å². The van der Waals surface area contributed by atoms with Gasteiger partial charge in [-0.15, -0.1) is 0 Å². The minimum atomic E-state index is -0.0745. The zero-order chi connectivity index (χ0) is 14.6. The molecule has 106 valence electrons. The molecule has 2 N–H and O–H groups in total. The molecule has 0 spiro atoms. The summed E-state index contributed by atoms with van der Waals surface area (Å²) in [6, 6.07) is 6.13. The fourth-order valence-corrected chi connectivity index (χ4v) is 2.26. The van der Waals surface area contributed by atoms with Gasteiger partial charge in [0.1, 0.15) is 0 Å². The van der Waals surface area contributed by atoms with Crippen molar-refractivity contribution in [2.75, 3.05) is 0 Å². The fraction of sp³-hybridized carbons (Fsp3) is 0.562. The number of carbonyl (C=O) groups is 1. The third-order valence-corrected chi connectivity index (χ3v) is 3.30. The molecule has 3 nitrogen and oxygen atoms in total. The minimum absolute atomic E-state index is 0.0745. The number of carbonyl (C=O) groups excluding carboxylic acids is 1. The van der Waals surface area contributed by atoms with E-state index in [-0.39, 0.29) is 17.4 Å². The molecule has 0 bridgehead atoms. The molecule has 1 rings (SSSR count). The number of hydrazine groups is 1. The molecule has 0 saturated carbocycles. The molecule has 1 unspecified atom stereocenters.